The standard InChI is InChI=1S/C13H18ClN3O/c1-8-4-5-17(12(8)7-18)11-3-2-9(14)6-10(11)13(15)16/h2-3,6,8,12,18H,4-5,7H2,1H3,(H3,15,16). The fraction of sp³-hybridized carbons (Fsp3) is 0.462. The Morgan fingerprint density at radius 3 is 2.94 bits per heavy atom. The van der Waals surface area contributed by atoms with E-state index in [0.29, 0.717) is 16.5 Å². The number of nitrogens with one attached hydrogen (secondary N) is 1. The second-order valence-electron chi connectivity index (χ2n) is 4.78. The molecule has 98 valence electrons. The van der Waals surface area contributed by atoms with Crippen molar-refractivity contribution in [1.29, 1.82) is 5.41 Å². The van der Waals surface area contributed by atoms with Crippen molar-refractivity contribution in [3.8, 4) is 0 Å². The van der Waals surface area contributed by atoms with Crippen molar-refractivity contribution >= 4 is 23.1 Å². The lowest BCUT2D eigenvalue weighted by molar-refractivity contribution is 0.245. The summed E-state index contributed by atoms with van der Waals surface area (Å²) in [7, 11) is 0. The second-order valence-corrected chi connectivity index (χ2v) is 5.22. The van der Waals surface area contributed by atoms with Crippen LogP contribution in [0.15, 0.2) is 18.2 Å². The highest BCUT2D eigenvalue weighted by Gasteiger charge is 2.32. The van der Waals surface area contributed by atoms with E-state index in [1.807, 2.05) is 6.07 Å². The van der Waals surface area contributed by atoms with Gasteiger partial charge in [-0.05, 0) is 30.5 Å². The number of hydrogen-bond donors (Lipinski definition) is 3. The zero-order valence-corrected chi connectivity index (χ0v) is 11.1. The number of nitrogens with zero attached hydrogens (tertiary/aromatic N) is 1. The minimum Gasteiger partial charge on any atom is -0.394 e. The van der Waals surface area contributed by atoms with Gasteiger partial charge >= 0.3 is 0 Å². The molecule has 4 N–H and O–H groups in total. The van der Waals surface area contributed by atoms with Crippen molar-refractivity contribution in [2.24, 2.45) is 11.7 Å². The van der Waals surface area contributed by atoms with E-state index in [2.05, 4.69) is 11.8 Å². The molecule has 2 unspecified atom stereocenters. The van der Waals surface area contributed by atoms with Gasteiger partial charge in [-0.2, -0.15) is 0 Å². The monoisotopic (exact) mass is 267 g/mol. The molecule has 0 aliphatic carbocycles. The van der Waals surface area contributed by atoms with E-state index >= 15 is 0 Å². The minimum atomic E-state index is 0.00347. The predicted octanol–water partition coefficient (Wildman–Crippen LogP) is 1.83. The quantitative estimate of drug-likeness (QED) is 0.578. The van der Waals surface area contributed by atoms with Gasteiger partial charge in [0.1, 0.15) is 5.84 Å². The van der Waals surface area contributed by atoms with E-state index in [0.717, 1.165) is 18.7 Å². The smallest absolute Gasteiger partial charge is 0.124 e. The van der Waals surface area contributed by atoms with Crippen LogP contribution in [0.25, 0.3) is 0 Å². The number of hydrogen-bond acceptors (Lipinski definition) is 3. The molecule has 4 nitrogen and oxygen atoms in total. The molecule has 0 aromatic heterocycles. The number of aliphatic hydroxyl groups excluding tert-OH is 1. The van der Waals surface area contributed by atoms with Crippen LogP contribution in [0.2, 0.25) is 5.02 Å². The molecular formula is C13H18ClN3O. The summed E-state index contributed by atoms with van der Waals surface area (Å²) >= 11 is 5.95. The average molecular weight is 268 g/mol. The largest absolute Gasteiger partial charge is 0.394 e. The summed E-state index contributed by atoms with van der Waals surface area (Å²) in [5.74, 6) is 0.439. The van der Waals surface area contributed by atoms with Gasteiger partial charge in [0.25, 0.3) is 0 Å². The predicted molar refractivity (Wildman–Crippen MR) is 74.5 cm³/mol. The van der Waals surface area contributed by atoms with E-state index in [9.17, 15) is 5.11 Å². The van der Waals surface area contributed by atoms with Gasteiger partial charge in [0, 0.05) is 22.8 Å². The Labute approximate surface area is 112 Å². The number of aliphatic hydroxyl groups is 1. The van der Waals surface area contributed by atoms with E-state index < -0.39 is 0 Å². The van der Waals surface area contributed by atoms with Crippen molar-refractivity contribution in [1.82, 2.24) is 0 Å². The van der Waals surface area contributed by atoms with Crippen LogP contribution in [-0.4, -0.2) is 30.1 Å². The molecule has 1 aromatic rings. The number of nitrogen functional groups attached to an aromatic ring is 1. The molecule has 0 amide bonds. The molecule has 5 heteroatoms. The molecule has 2 rings (SSSR count). The lowest BCUT2D eigenvalue weighted by atomic mass is 10.0. The van der Waals surface area contributed by atoms with Crippen molar-refractivity contribution in [2.75, 3.05) is 18.1 Å². The van der Waals surface area contributed by atoms with Crippen molar-refractivity contribution in [2.45, 2.75) is 19.4 Å². The molecular weight excluding hydrogens is 250 g/mol. The van der Waals surface area contributed by atoms with E-state index in [1.165, 1.54) is 0 Å². The summed E-state index contributed by atoms with van der Waals surface area (Å²) < 4.78 is 0. The third kappa shape index (κ3) is 2.31. The number of halogens is 1. The zero-order valence-electron chi connectivity index (χ0n) is 10.4. The van der Waals surface area contributed by atoms with Crippen molar-refractivity contribution in [3.05, 3.63) is 28.8 Å². The average Bonchev–Trinajstić information content (AvgIpc) is 2.70. The van der Waals surface area contributed by atoms with Crippen LogP contribution < -0.4 is 10.6 Å². The first-order chi connectivity index (χ1) is 8.54. The van der Waals surface area contributed by atoms with Gasteiger partial charge in [-0.1, -0.05) is 18.5 Å². The highest BCUT2D eigenvalue weighted by Crippen LogP contribution is 2.32. The maximum Gasteiger partial charge on any atom is 0.124 e. The fourth-order valence-electron chi connectivity index (χ4n) is 2.56. The fourth-order valence-corrected chi connectivity index (χ4v) is 2.73. The van der Waals surface area contributed by atoms with Gasteiger partial charge in [-0.3, -0.25) is 5.41 Å². The summed E-state index contributed by atoms with van der Waals surface area (Å²) in [6.45, 7) is 3.11. The molecule has 0 radical (unpaired) electrons. The summed E-state index contributed by atoms with van der Waals surface area (Å²) in [6, 6.07) is 5.46. The summed E-state index contributed by atoms with van der Waals surface area (Å²) in [4.78, 5) is 2.12. The molecule has 1 saturated heterocycles. The van der Waals surface area contributed by atoms with Crippen LogP contribution in [-0.2, 0) is 0 Å². The Bertz CT molecular complexity index is 464. The SMILES string of the molecule is CC1CCN(c2ccc(Cl)cc2C(=N)N)C1CO. The molecule has 1 fully saturated rings. The first-order valence-corrected chi connectivity index (χ1v) is 6.44. The van der Waals surface area contributed by atoms with Gasteiger partial charge in [0.2, 0.25) is 0 Å². The summed E-state index contributed by atoms with van der Waals surface area (Å²) in [5, 5.41) is 17.7. The van der Waals surface area contributed by atoms with Gasteiger partial charge in [-0.25, -0.2) is 0 Å². The first kappa shape index (κ1) is 13.2. The van der Waals surface area contributed by atoms with Gasteiger partial charge in [0.15, 0.2) is 0 Å². The van der Waals surface area contributed by atoms with Gasteiger partial charge in [0.05, 0.1) is 12.6 Å². The Hall–Kier alpha value is -1.26. The van der Waals surface area contributed by atoms with Crippen LogP contribution >= 0.6 is 11.6 Å². The third-order valence-electron chi connectivity index (χ3n) is 3.63. The zero-order chi connectivity index (χ0) is 13.3. The van der Waals surface area contributed by atoms with E-state index in [4.69, 9.17) is 22.7 Å². The highest BCUT2D eigenvalue weighted by molar-refractivity contribution is 6.31. The van der Waals surface area contributed by atoms with Crippen LogP contribution in [0, 0.1) is 11.3 Å². The number of nitrogens with two attached hydrogens (primary N) is 1. The van der Waals surface area contributed by atoms with E-state index in [1.54, 1.807) is 12.1 Å². The lowest BCUT2D eigenvalue weighted by Crippen LogP contribution is -2.36. The summed E-state index contributed by atoms with van der Waals surface area (Å²) in [6.07, 6.45) is 1.03. The summed E-state index contributed by atoms with van der Waals surface area (Å²) in [5.41, 5.74) is 7.13. The molecule has 0 spiro atoms. The normalized spacial score (nSPS) is 23.4. The number of anilines is 1. The molecule has 1 aromatic carbocycles. The highest BCUT2D eigenvalue weighted by atomic mass is 35.5. The maximum absolute atomic E-state index is 9.50. The first-order valence-electron chi connectivity index (χ1n) is 6.06. The third-order valence-corrected chi connectivity index (χ3v) is 3.86. The molecule has 1 aliphatic heterocycles. The maximum atomic E-state index is 9.50. The molecule has 1 aliphatic rings. The van der Waals surface area contributed by atoms with Crippen LogP contribution in [0.1, 0.15) is 18.9 Å². The van der Waals surface area contributed by atoms with Crippen LogP contribution in [0.4, 0.5) is 5.69 Å². The second kappa shape index (κ2) is 5.16. The van der Waals surface area contributed by atoms with Gasteiger partial charge in [-0.15, -0.1) is 0 Å². The molecule has 0 saturated carbocycles. The molecule has 2 atom stereocenters. The Morgan fingerprint density at radius 1 is 1.61 bits per heavy atom. The van der Waals surface area contributed by atoms with E-state index in [-0.39, 0.29) is 18.5 Å². The number of rotatable bonds is 3. The molecule has 1 heterocycles. The molecule has 0 bridgehead atoms. The van der Waals surface area contributed by atoms with Gasteiger partial charge < -0.3 is 15.7 Å². The number of amidine groups is 1. The number of benzene rings is 1. The lowest BCUT2D eigenvalue weighted by Gasteiger charge is -2.29. The van der Waals surface area contributed by atoms with Crippen LogP contribution in [0.3, 0.4) is 0 Å². The Balaban J connectivity index is 2.41. The minimum absolute atomic E-state index is 0.00347. The van der Waals surface area contributed by atoms with Crippen molar-refractivity contribution < 1.29 is 5.11 Å². The Morgan fingerprint density at radius 2 is 2.33 bits per heavy atom. The molecule has 18 heavy (non-hydrogen) atoms. The van der Waals surface area contributed by atoms with Crippen LogP contribution in [0.5, 0.6) is 0 Å². The topological polar surface area (TPSA) is 73.3 Å². The Kier molecular flexibility index (Phi) is 3.78. The van der Waals surface area contributed by atoms with Crippen molar-refractivity contribution in [3.63, 3.8) is 0 Å².